The van der Waals surface area contributed by atoms with E-state index in [0.717, 1.165) is 19.4 Å². The van der Waals surface area contributed by atoms with Crippen LogP contribution in [-0.2, 0) is 19.8 Å². The number of likely N-dealkylation sites (tertiary alicyclic amines) is 1. The van der Waals surface area contributed by atoms with Crippen molar-refractivity contribution < 1.29 is 21.8 Å². The van der Waals surface area contributed by atoms with Crippen LogP contribution in [0.4, 0.5) is 3.89 Å². The number of hydrogen-bond acceptors (Lipinski definition) is 4. The van der Waals surface area contributed by atoms with Crippen molar-refractivity contribution in [1.82, 2.24) is 4.90 Å². The number of carbonyl (C=O) groups is 1. The molecule has 2 saturated heterocycles. The molecule has 98 valence electrons. The first-order valence-corrected chi connectivity index (χ1v) is 7.31. The number of amides is 1. The molecule has 5 nitrogen and oxygen atoms in total. The molecule has 2 aliphatic rings. The van der Waals surface area contributed by atoms with Crippen LogP contribution in [0.25, 0.3) is 0 Å². The molecule has 2 fully saturated rings. The van der Waals surface area contributed by atoms with Crippen LogP contribution in [0.5, 0.6) is 0 Å². The molecule has 1 amide bonds. The molecule has 0 aromatic heterocycles. The molecule has 2 atom stereocenters. The van der Waals surface area contributed by atoms with E-state index in [1.54, 1.807) is 4.90 Å². The topological polar surface area (TPSA) is 63.7 Å². The third-order valence-electron chi connectivity index (χ3n) is 3.18. The highest BCUT2D eigenvalue weighted by Crippen LogP contribution is 2.22. The van der Waals surface area contributed by atoms with Gasteiger partial charge in [-0.1, -0.05) is 0 Å². The van der Waals surface area contributed by atoms with E-state index in [1.807, 2.05) is 0 Å². The molecule has 2 heterocycles. The summed E-state index contributed by atoms with van der Waals surface area (Å²) in [6.45, 7) is 1.54. The van der Waals surface area contributed by atoms with E-state index in [0.29, 0.717) is 13.1 Å². The van der Waals surface area contributed by atoms with Crippen molar-refractivity contribution in [3.05, 3.63) is 0 Å². The number of carbonyl (C=O) groups excluding carboxylic acids is 1. The van der Waals surface area contributed by atoms with Crippen LogP contribution in [0.1, 0.15) is 19.3 Å². The lowest BCUT2D eigenvalue weighted by Crippen LogP contribution is -2.33. The maximum absolute atomic E-state index is 12.5. The van der Waals surface area contributed by atoms with Crippen LogP contribution >= 0.6 is 0 Å². The summed E-state index contributed by atoms with van der Waals surface area (Å²) in [6.07, 6.45) is 2.10. The van der Waals surface area contributed by atoms with Gasteiger partial charge in [-0.05, 0) is 12.8 Å². The fourth-order valence-electron chi connectivity index (χ4n) is 2.46. The number of halogens is 1. The first-order valence-electron chi connectivity index (χ1n) is 5.76. The Labute approximate surface area is 100 Å². The molecule has 0 aliphatic carbocycles. The predicted molar refractivity (Wildman–Crippen MR) is 58.6 cm³/mol. The molecule has 0 aromatic carbocycles. The Bertz CT molecular complexity index is 391. The average molecular weight is 265 g/mol. The second-order valence-electron chi connectivity index (χ2n) is 4.71. The lowest BCUT2D eigenvalue weighted by molar-refractivity contribution is -0.129. The van der Waals surface area contributed by atoms with Crippen molar-refractivity contribution in [2.75, 3.05) is 25.4 Å². The average Bonchev–Trinajstić information content (AvgIpc) is 2.75. The third kappa shape index (κ3) is 3.64. The minimum Gasteiger partial charge on any atom is -0.376 e. The number of hydrogen-bond donors (Lipinski definition) is 0. The minimum atomic E-state index is -4.49. The Balaban J connectivity index is 1.86. The normalized spacial score (nSPS) is 30.2. The molecule has 2 rings (SSSR count). The van der Waals surface area contributed by atoms with Gasteiger partial charge < -0.3 is 9.64 Å². The van der Waals surface area contributed by atoms with Gasteiger partial charge in [-0.2, -0.15) is 8.42 Å². The first-order chi connectivity index (χ1) is 7.94. The Hall–Kier alpha value is -0.690. The zero-order valence-corrected chi connectivity index (χ0v) is 10.3. The molecule has 2 unspecified atom stereocenters. The van der Waals surface area contributed by atoms with Gasteiger partial charge in [0.15, 0.2) is 0 Å². The van der Waals surface area contributed by atoms with Gasteiger partial charge in [0.25, 0.3) is 0 Å². The summed E-state index contributed by atoms with van der Waals surface area (Å²) in [4.78, 5) is 13.2. The van der Waals surface area contributed by atoms with Gasteiger partial charge in [-0.15, -0.1) is 3.89 Å². The van der Waals surface area contributed by atoms with E-state index in [-0.39, 0.29) is 18.4 Å². The van der Waals surface area contributed by atoms with E-state index in [1.165, 1.54) is 0 Å². The number of ether oxygens (including phenoxy) is 1. The summed E-state index contributed by atoms with van der Waals surface area (Å²) in [6, 6.07) is 0. The van der Waals surface area contributed by atoms with Crippen molar-refractivity contribution in [2.45, 2.75) is 25.4 Å². The highest BCUT2D eigenvalue weighted by molar-refractivity contribution is 7.86. The number of rotatable bonds is 4. The molecule has 0 radical (unpaired) electrons. The Kier molecular flexibility index (Phi) is 3.67. The van der Waals surface area contributed by atoms with Crippen molar-refractivity contribution in [3.8, 4) is 0 Å². The zero-order chi connectivity index (χ0) is 12.5. The molecule has 0 N–H and O–H groups in total. The maximum atomic E-state index is 12.5. The number of nitrogens with zero attached hydrogens (tertiary/aromatic N) is 1. The zero-order valence-electron chi connectivity index (χ0n) is 9.47. The predicted octanol–water partition coefficient (Wildman–Crippen LogP) is 0.313. The summed E-state index contributed by atoms with van der Waals surface area (Å²) in [5, 5.41) is 0. The molecule has 0 saturated carbocycles. The van der Waals surface area contributed by atoms with Crippen LogP contribution in [0.15, 0.2) is 0 Å². The molecule has 0 bridgehead atoms. The Morgan fingerprint density at radius 3 is 2.82 bits per heavy atom. The van der Waals surface area contributed by atoms with Crippen LogP contribution in [0.3, 0.4) is 0 Å². The summed E-state index contributed by atoms with van der Waals surface area (Å²) in [7, 11) is -4.49. The second-order valence-corrected chi connectivity index (χ2v) is 6.12. The summed E-state index contributed by atoms with van der Waals surface area (Å²) >= 11 is 0. The van der Waals surface area contributed by atoms with E-state index in [2.05, 4.69) is 0 Å². The smallest absolute Gasteiger partial charge is 0.302 e. The van der Waals surface area contributed by atoms with Gasteiger partial charge in [0.1, 0.15) is 0 Å². The quantitative estimate of drug-likeness (QED) is 0.686. The van der Waals surface area contributed by atoms with Crippen LogP contribution in [0.2, 0.25) is 0 Å². The molecular weight excluding hydrogens is 249 g/mol. The van der Waals surface area contributed by atoms with Crippen molar-refractivity contribution in [1.29, 1.82) is 0 Å². The molecule has 17 heavy (non-hydrogen) atoms. The van der Waals surface area contributed by atoms with E-state index in [9.17, 15) is 17.1 Å². The fourth-order valence-corrected chi connectivity index (χ4v) is 3.24. The summed E-state index contributed by atoms with van der Waals surface area (Å²) < 4.78 is 39.0. The Morgan fingerprint density at radius 2 is 2.24 bits per heavy atom. The molecule has 0 spiro atoms. The second kappa shape index (κ2) is 4.89. The largest absolute Gasteiger partial charge is 0.376 e. The van der Waals surface area contributed by atoms with Crippen LogP contribution in [-0.4, -0.2) is 50.8 Å². The third-order valence-corrected chi connectivity index (χ3v) is 4.05. The fraction of sp³-hybridized carbons (Fsp3) is 0.900. The lowest BCUT2D eigenvalue weighted by Gasteiger charge is -2.20. The van der Waals surface area contributed by atoms with Gasteiger partial charge in [0.05, 0.1) is 11.9 Å². The van der Waals surface area contributed by atoms with Crippen LogP contribution < -0.4 is 0 Å². The minimum absolute atomic E-state index is 0.0553. The molecule has 7 heteroatoms. The van der Waals surface area contributed by atoms with Crippen molar-refractivity contribution in [3.63, 3.8) is 0 Å². The summed E-state index contributed by atoms with van der Waals surface area (Å²) in [5.41, 5.74) is 0. The van der Waals surface area contributed by atoms with Gasteiger partial charge in [-0.25, -0.2) is 0 Å². The maximum Gasteiger partial charge on any atom is 0.302 e. The van der Waals surface area contributed by atoms with E-state index < -0.39 is 21.9 Å². The SMILES string of the molecule is O=C1CC(CS(=O)(=O)F)CN1CC1CCCO1. The van der Waals surface area contributed by atoms with Gasteiger partial charge in [0.2, 0.25) is 5.91 Å². The molecule has 0 aromatic rings. The Morgan fingerprint density at radius 1 is 1.47 bits per heavy atom. The highest BCUT2D eigenvalue weighted by atomic mass is 32.3. The standard InChI is InChI=1S/C10H16FNO4S/c11-17(14,15)7-8-4-10(13)12(5-8)6-9-2-1-3-16-9/h8-9H,1-7H2. The lowest BCUT2D eigenvalue weighted by atomic mass is 10.1. The van der Waals surface area contributed by atoms with Gasteiger partial charge in [-0.3, -0.25) is 4.79 Å². The molecule has 2 aliphatic heterocycles. The monoisotopic (exact) mass is 265 g/mol. The van der Waals surface area contributed by atoms with Crippen molar-refractivity contribution in [2.24, 2.45) is 5.92 Å². The van der Waals surface area contributed by atoms with E-state index in [4.69, 9.17) is 4.74 Å². The van der Waals surface area contributed by atoms with E-state index >= 15 is 0 Å². The first kappa shape index (κ1) is 12.8. The summed E-state index contributed by atoms with van der Waals surface area (Å²) in [5.74, 6) is -1.08. The van der Waals surface area contributed by atoms with Gasteiger partial charge in [0, 0.05) is 32.0 Å². The van der Waals surface area contributed by atoms with Crippen molar-refractivity contribution >= 4 is 16.1 Å². The van der Waals surface area contributed by atoms with Gasteiger partial charge >= 0.3 is 10.2 Å². The molecular formula is C10H16FNO4S. The van der Waals surface area contributed by atoms with Crippen LogP contribution in [0, 0.1) is 5.92 Å². The highest BCUT2D eigenvalue weighted by Gasteiger charge is 2.34.